The van der Waals surface area contributed by atoms with Crippen LogP contribution in [0.15, 0.2) is 54.6 Å². The molecule has 0 fully saturated rings. The highest BCUT2D eigenvalue weighted by atomic mass is 35.5. The number of ether oxygens (including phenoxy) is 5. The summed E-state index contributed by atoms with van der Waals surface area (Å²) in [7, 11) is 8.68. The van der Waals surface area contributed by atoms with Crippen LogP contribution in [0.25, 0.3) is 0 Å². The average molecular weight is 732 g/mol. The van der Waals surface area contributed by atoms with Gasteiger partial charge in [-0.1, -0.05) is 45.9 Å². The minimum atomic E-state index is -0.0798. The molecule has 3 aromatic carbocycles. The Bertz CT molecular complexity index is 1510. The minimum Gasteiger partial charge on any atom is -0.493 e. The molecule has 0 atom stereocenters. The highest BCUT2D eigenvalue weighted by Gasteiger charge is 2.28. The minimum absolute atomic E-state index is 0.0104. The first-order chi connectivity index (χ1) is 23.7. The molecule has 12 heteroatoms. The van der Waals surface area contributed by atoms with Gasteiger partial charge in [-0.2, -0.15) is 0 Å². The van der Waals surface area contributed by atoms with Crippen molar-refractivity contribution in [2.24, 2.45) is 0 Å². The zero-order chi connectivity index (χ0) is 35.2. The van der Waals surface area contributed by atoms with E-state index >= 15 is 0 Å². The topological polar surface area (TPSA) is 81.7 Å². The number of benzene rings is 3. The van der Waals surface area contributed by atoms with E-state index in [9.17, 15) is 4.79 Å². The Labute approximate surface area is 304 Å². The van der Waals surface area contributed by atoms with E-state index in [-0.39, 0.29) is 17.3 Å². The Morgan fingerprint density at radius 3 is 2.43 bits per heavy atom. The fourth-order valence-electron chi connectivity index (χ4n) is 5.81. The number of alkyl halides is 1. The number of carbonyl (C=O) groups is 1. The van der Waals surface area contributed by atoms with Gasteiger partial charge in [0, 0.05) is 61.9 Å². The molecule has 9 nitrogen and oxygen atoms in total. The van der Waals surface area contributed by atoms with Gasteiger partial charge < -0.3 is 38.8 Å². The number of hydrogen-bond donors (Lipinski definition) is 1. The van der Waals surface area contributed by atoms with Crippen molar-refractivity contribution in [1.82, 2.24) is 0 Å². The summed E-state index contributed by atoms with van der Waals surface area (Å²) >= 11 is 6.41. The molecule has 268 valence electrons. The lowest BCUT2D eigenvalue weighted by Gasteiger charge is -2.34. The van der Waals surface area contributed by atoms with E-state index in [4.69, 9.17) is 35.3 Å². The predicted molar refractivity (Wildman–Crippen MR) is 206 cm³/mol. The number of hydrogen-bond acceptors (Lipinski definition) is 10. The number of nitrogens with zero attached hydrogens (tertiary/aromatic N) is 2. The number of nitrogens with one attached hydrogen (secondary N) is 1. The summed E-state index contributed by atoms with van der Waals surface area (Å²) < 4.78 is 28.6. The van der Waals surface area contributed by atoms with E-state index in [1.807, 2.05) is 40.0 Å². The number of methoxy groups -OCH3 is 2. The van der Waals surface area contributed by atoms with Crippen molar-refractivity contribution in [3.63, 3.8) is 0 Å². The van der Waals surface area contributed by atoms with Gasteiger partial charge in [0.1, 0.15) is 6.61 Å². The molecule has 0 aromatic heterocycles. The normalized spacial score (nSPS) is 12.6. The molecule has 0 unspecified atom stereocenters. The SMILES string of the molecule is CNc1cc(OCc2cc(CCl)cc(N(CCOCCOCCOC)CC(C)(C)SSC)c2)c(OC)cc1C(=O)N1CCc2ccccc21. The van der Waals surface area contributed by atoms with Crippen LogP contribution in [0.3, 0.4) is 0 Å². The summed E-state index contributed by atoms with van der Waals surface area (Å²) in [4.78, 5) is 18.0. The molecule has 0 saturated heterocycles. The Morgan fingerprint density at radius 1 is 0.980 bits per heavy atom. The maximum Gasteiger partial charge on any atom is 0.260 e. The van der Waals surface area contributed by atoms with Gasteiger partial charge in [-0.05, 0) is 67.5 Å². The zero-order valence-corrected chi connectivity index (χ0v) is 31.9. The first-order valence-electron chi connectivity index (χ1n) is 16.5. The van der Waals surface area contributed by atoms with E-state index < -0.39 is 0 Å². The van der Waals surface area contributed by atoms with E-state index in [0.29, 0.717) is 74.8 Å². The first-order valence-corrected chi connectivity index (χ1v) is 19.5. The second-order valence-corrected chi connectivity index (χ2v) is 15.6. The summed E-state index contributed by atoms with van der Waals surface area (Å²) in [6, 6.07) is 18.0. The zero-order valence-electron chi connectivity index (χ0n) is 29.5. The monoisotopic (exact) mass is 731 g/mol. The largest absolute Gasteiger partial charge is 0.493 e. The van der Waals surface area contributed by atoms with Crippen LogP contribution < -0.4 is 24.6 Å². The van der Waals surface area contributed by atoms with Crippen LogP contribution >= 0.6 is 33.2 Å². The number of amides is 1. The van der Waals surface area contributed by atoms with Gasteiger partial charge in [0.15, 0.2) is 11.5 Å². The summed E-state index contributed by atoms with van der Waals surface area (Å²) in [5.74, 6) is 1.32. The number of para-hydroxylation sites is 1. The Hall–Kier alpha value is -2.80. The van der Waals surface area contributed by atoms with Crippen molar-refractivity contribution in [2.75, 3.05) is 95.3 Å². The van der Waals surface area contributed by atoms with Gasteiger partial charge in [0.25, 0.3) is 5.91 Å². The Kier molecular flexibility index (Phi) is 15.6. The molecule has 0 bridgehead atoms. The van der Waals surface area contributed by atoms with Crippen molar-refractivity contribution in [3.8, 4) is 11.5 Å². The lowest BCUT2D eigenvalue weighted by atomic mass is 10.1. The molecule has 1 aliphatic rings. The second-order valence-electron chi connectivity index (χ2n) is 12.2. The van der Waals surface area contributed by atoms with Crippen LogP contribution in [0.1, 0.15) is 40.9 Å². The van der Waals surface area contributed by atoms with Gasteiger partial charge in [-0.25, -0.2) is 0 Å². The van der Waals surface area contributed by atoms with E-state index in [1.165, 1.54) is 5.56 Å². The molecule has 4 rings (SSSR count). The summed E-state index contributed by atoms with van der Waals surface area (Å²) in [6.07, 6.45) is 2.94. The van der Waals surface area contributed by atoms with Crippen molar-refractivity contribution in [3.05, 3.63) is 76.9 Å². The number of anilines is 3. The molecule has 1 amide bonds. The van der Waals surface area contributed by atoms with Crippen molar-refractivity contribution in [2.45, 2.75) is 37.5 Å². The summed E-state index contributed by atoms with van der Waals surface area (Å²) in [5.41, 5.74) is 6.36. The van der Waals surface area contributed by atoms with Crippen LogP contribution in [-0.2, 0) is 33.1 Å². The number of carbonyl (C=O) groups excluding carboxylic acids is 1. The van der Waals surface area contributed by atoms with Gasteiger partial charge in [-0.15, -0.1) is 11.6 Å². The van der Waals surface area contributed by atoms with Gasteiger partial charge in [-0.3, -0.25) is 4.79 Å². The lowest BCUT2D eigenvalue weighted by Crippen LogP contribution is -2.38. The molecule has 1 aliphatic heterocycles. The molecule has 1 heterocycles. The third-order valence-corrected chi connectivity index (χ3v) is 11.0. The molecule has 49 heavy (non-hydrogen) atoms. The molecule has 0 saturated carbocycles. The van der Waals surface area contributed by atoms with Crippen LogP contribution in [-0.4, -0.2) is 90.8 Å². The molecule has 0 aliphatic carbocycles. The van der Waals surface area contributed by atoms with Gasteiger partial charge in [0.05, 0.1) is 51.4 Å². The molecule has 0 spiro atoms. The highest BCUT2D eigenvalue weighted by molar-refractivity contribution is 8.77. The van der Waals surface area contributed by atoms with E-state index in [0.717, 1.165) is 35.5 Å². The maximum atomic E-state index is 13.8. The van der Waals surface area contributed by atoms with E-state index in [1.54, 1.807) is 38.1 Å². The molecule has 3 aromatic rings. The molecular formula is C37H50ClN3O6S2. The van der Waals surface area contributed by atoms with Crippen LogP contribution in [0.5, 0.6) is 11.5 Å². The number of halogens is 1. The third-order valence-electron chi connectivity index (χ3n) is 8.08. The van der Waals surface area contributed by atoms with Gasteiger partial charge >= 0.3 is 0 Å². The predicted octanol–water partition coefficient (Wildman–Crippen LogP) is 7.53. The van der Waals surface area contributed by atoms with Crippen molar-refractivity contribution in [1.29, 1.82) is 0 Å². The molecular weight excluding hydrogens is 682 g/mol. The van der Waals surface area contributed by atoms with E-state index in [2.05, 4.69) is 54.6 Å². The van der Waals surface area contributed by atoms with Crippen molar-refractivity contribution < 1.29 is 28.5 Å². The maximum absolute atomic E-state index is 13.8. The number of rotatable bonds is 21. The molecule has 1 N–H and O–H groups in total. The fraction of sp³-hybridized carbons (Fsp3) is 0.486. The highest BCUT2D eigenvalue weighted by Crippen LogP contribution is 2.38. The standard InChI is InChI=1S/C37H50ClN3O6S2/c1-37(2,49-48-6)26-40(13-14-45-17-18-46-16-15-43-4)30-20-27(24-38)19-28(21-30)25-47-35-23-32(39-3)31(22-34(35)44-5)36(42)41-12-11-29-9-7-8-10-33(29)41/h7-10,19-23,39H,11-18,24-26H2,1-6H3. The van der Waals surface area contributed by atoms with Crippen LogP contribution in [0, 0.1) is 0 Å². The fourth-order valence-corrected chi connectivity index (χ4v) is 8.13. The Balaban J connectivity index is 1.52. The van der Waals surface area contributed by atoms with Crippen LogP contribution in [0.4, 0.5) is 17.1 Å². The van der Waals surface area contributed by atoms with Crippen molar-refractivity contribution >= 4 is 56.2 Å². The quantitative estimate of drug-likeness (QED) is 0.0675. The molecule has 0 radical (unpaired) electrons. The first kappa shape index (κ1) is 39.0. The number of fused-ring (bicyclic) bond motifs is 1. The summed E-state index contributed by atoms with van der Waals surface area (Å²) in [6.45, 7) is 9.69. The second kappa shape index (κ2) is 19.6. The average Bonchev–Trinajstić information content (AvgIpc) is 3.54. The van der Waals surface area contributed by atoms with Gasteiger partial charge in [0.2, 0.25) is 0 Å². The lowest BCUT2D eigenvalue weighted by molar-refractivity contribution is 0.0264. The third kappa shape index (κ3) is 11.1. The summed E-state index contributed by atoms with van der Waals surface area (Å²) in [5, 5.41) is 3.19. The Morgan fingerprint density at radius 2 is 1.71 bits per heavy atom. The van der Waals surface area contributed by atoms with Crippen LogP contribution in [0.2, 0.25) is 0 Å². The smallest absolute Gasteiger partial charge is 0.260 e.